The second-order valence-corrected chi connectivity index (χ2v) is 6.31. The predicted molar refractivity (Wildman–Crippen MR) is 96.3 cm³/mol. The number of aromatic nitrogens is 2. The van der Waals surface area contributed by atoms with Crippen molar-refractivity contribution in [2.45, 2.75) is 12.5 Å². The molecule has 134 valence electrons. The maximum Gasteiger partial charge on any atom is 0.252 e. The maximum atomic E-state index is 13.3. The van der Waals surface area contributed by atoms with E-state index in [0.717, 1.165) is 51.3 Å². The monoisotopic (exact) mass is 342 g/mol. The third kappa shape index (κ3) is 4.46. The van der Waals surface area contributed by atoms with Crippen LogP contribution in [0.5, 0.6) is 0 Å². The molecule has 0 aliphatic carbocycles. The van der Waals surface area contributed by atoms with Crippen LogP contribution >= 0.6 is 0 Å². The van der Waals surface area contributed by atoms with E-state index in [0.29, 0.717) is 0 Å². The van der Waals surface area contributed by atoms with Crippen molar-refractivity contribution in [3.63, 3.8) is 0 Å². The smallest absolute Gasteiger partial charge is 0.252 e. The number of benzene rings is 1. The number of nitrogens with zero attached hydrogens (tertiary/aromatic N) is 4. The average molecular weight is 342 g/mol. The van der Waals surface area contributed by atoms with Crippen molar-refractivity contribution in [3.8, 4) is 0 Å². The van der Waals surface area contributed by atoms with Crippen LogP contribution in [0.4, 0.5) is 0 Å². The van der Waals surface area contributed by atoms with Crippen LogP contribution in [0.1, 0.15) is 18.0 Å². The molecule has 1 aromatic heterocycles. The first kappa shape index (κ1) is 17.6. The van der Waals surface area contributed by atoms with Crippen LogP contribution in [0.2, 0.25) is 0 Å². The van der Waals surface area contributed by atoms with Crippen molar-refractivity contribution < 1.29 is 9.53 Å². The first-order valence-corrected chi connectivity index (χ1v) is 8.84. The van der Waals surface area contributed by atoms with Crippen molar-refractivity contribution in [2.75, 3.05) is 46.4 Å². The highest BCUT2D eigenvalue weighted by atomic mass is 16.5. The van der Waals surface area contributed by atoms with Crippen molar-refractivity contribution in [3.05, 3.63) is 54.4 Å². The van der Waals surface area contributed by atoms with E-state index in [4.69, 9.17) is 4.74 Å². The summed E-state index contributed by atoms with van der Waals surface area (Å²) in [6.07, 6.45) is 4.56. The molecule has 1 aliphatic rings. The van der Waals surface area contributed by atoms with Gasteiger partial charge in [0.15, 0.2) is 6.04 Å². The molecule has 0 radical (unpaired) electrons. The molecule has 2 aromatic rings. The van der Waals surface area contributed by atoms with Crippen LogP contribution in [0.15, 0.2) is 48.8 Å². The second-order valence-electron chi connectivity index (χ2n) is 6.31. The van der Waals surface area contributed by atoms with E-state index < -0.39 is 6.04 Å². The molecule has 6 nitrogen and oxygen atoms in total. The lowest BCUT2D eigenvalue weighted by Crippen LogP contribution is -2.40. The summed E-state index contributed by atoms with van der Waals surface area (Å²) < 4.78 is 6.93. The Morgan fingerprint density at radius 2 is 2.00 bits per heavy atom. The number of rotatable bonds is 6. The number of ether oxygens (including phenoxy) is 1. The average Bonchev–Trinajstić information content (AvgIpc) is 3.06. The highest BCUT2D eigenvalue weighted by molar-refractivity contribution is 5.83. The number of amides is 1. The van der Waals surface area contributed by atoms with Crippen LogP contribution in [0.25, 0.3) is 0 Å². The van der Waals surface area contributed by atoms with Gasteiger partial charge in [0.25, 0.3) is 5.91 Å². The van der Waals surface area contributed by atoms with Crippen LogP contribution in [0, 0.1) is 0 Å². The molecule has 25 heavy (non-hydrogen) atoms. The van der Waals surface area contributed by atoms with Crippen LogP contribution in [0.3, 0.4) is 0 Å². The van der Waals surface area contributed by atoms with Gasteiger partial charge in [0.05, 0.1) is 6.61 Å². The standard InChI is InChI=1S/C19H26N4O2/c1-25-16-15-21-10-6-11-22(14-13-21)19(24)18(23-12-5-9-20-23)17-7-3-2-4-8-17/h2-5,7-9,12,18H,6,10-11,13-16H2,1H3/t18-/m1/s1. The van der Waals surface area contributed by atoms with Gasteiger partial charge in [0.2, 0.25) is 0 Å². The Morgan fingerprint density at radius 3 is 2.72 bits per heavy atom. The Morgan fingerprint density at radius 1 is 1.16 bits per heavy atom. The minimum Gasteiger partial charge on any atom is -0.383 e. The van der Waals surface area contributed by atoms with Gasteiger partial charge in [-0.2, -0.15) is 5.10 Å². The number of carbonyl (C=O) groups is 1. The van der Waals surface area contributed by atoms with Crippen molar-refractivity contribution in [1.29, 1.82) is 0 Å². The first-order valence-electron chi connectivity index (χ1n) is 8.84. The Labute approximate surface area is 149 Å². The van der Waals surface area contributed by atoms with Gasteiger partial charge in [-0.05, 0) is 24.6 Å². The van der Waals surface area contributed by atoms with E-state index in [1.165, 1.54) is 0 Å². The lowest BCUT2D eigenvalue weighted by Gasteiger charge is -2.27. The second kappa shape index (κ2) is 8.78. The molecule has 1 amide bonds. The van der Waals surface area contributed by atoms with Crippen LogP contribution in [-0.4, -0.2) is 71.9 Å². The van der Waals surface area contributed by atoms with Gasteiger partial charge in [-0.3, -0.25) is 14.4 Å². The van der Waals surface area contributed by atoms with Gasteiger partial charge in [0.1, 0.15) is 0 Å². The minimum absolute atomic E-state index is 0.114. The van der Waals surface area contributed by atoms with Crippen molar-refractivity contribution in [2.24, 2.45) is 0 Å². The van der Waals surface area contributed by atoms with E-state index >= 15 is 0 Å². The zero-order valence-electron chi connectivity index (χ0n) is 14.8. The Balaban J connectivity index is 1.74. The Bertz CT molecular complexity index is 645. The molecule has 0 bridgehead atoms. The van der Waals surface area contributed by atoms with E-state index in [9.17, 15) is 4.79 Å². The number of hydrogen-bond acceptors (Lipinski definition) is 4. The summed E-state index contributed by atoms with van der Waals surface area (Å²) in [6.45, 7) is 5.06. The lowest BCUT2D eigenvalue weighted by molar-refractivity contribution is -0.133. The van der Waals surface area contributed by atoms with Gasteiger partial charge >= 0.3 is 0 Å². The van der Waals surface area contributed by atoms with E-state index in [-0.39, 0.29) is 5.91 Å². The summed E-state index contributed by atoms with van der Waals surface area (Å²) in [5.74, 6) is 0.114. The maximum absolute atomic E-state index is 13.3. The quantitative estimate of drug-likeness (QED) is 0.801. The zero-order chi connectivity index (χ0) is 17.5. The lowest BCUT2D eigenvalue weighted by atomic mass is 10.1. The van der Waals surface area contributed by atoms with E-state index in [1.807, 2.05) is 47.5 Å². The third-order valence-electron chi connectivity index (χ3n) is 4.65. The summed E-state index contributed by atoms with van der Waals surface area (Å²) in [7, 11) is 1.72. The molecular formula is C19H26N4O2. The summed E-state index contributed by atoms with van der Waals surface area (Å²) in [5, 5.41) is 4.33. The molecule has 1 fully saturated rings. The fraction of sp³-hybridized carbons (Fsp3) is 0.474. The number of carbonyl (C=O) groups excluding carboxylic acids is 1. The van der Waals surface area contributed by atoms with E-state index in [2.05, 4.69) is 10.00 Å². The molecular weight excluding hydrogens is 316 g/mol. The van der Waals surface area contributed by atoms with Gasteiger partial charge in [0, 0.05) is 45.7 Å². The van der Waals surface area contributed by atoms with Crippen molar-refractivity contribution in [1.82, 2.24) is 19.6 Å². The number of methoxy groups -OCH3 is 1. The highest BCUT2D eigenvalue weighted by Gasteiger charge is 2.29. The molecule has 1 aromatic carbocycles. The molecule has 1 atom stereocenters. The van der Waals surface area contributed by atoms with E-state index in [1.54, 1.807) is 18.0 Å². The third-order valence-corrected chi connectivity index (χ3v) is 4.65. The fourth-order valence-electron chi connectivity index (χ4n) is 3.29. The Hall–Kier alpha value is -2.18. The summed E-state index contributed by atoms with van der Waals surface area (Å²) in [6, 6.07) is 11.3. The minimum atomic E-state index is -0.401. The van der Waals surface area contributed by atoms with Gasteiger partial charge in [-0.25, -0.2) is 0 Å². The molecule has 3 rings (SSSR count). The fourth-order valence-corrected chi connectivity index (χ4v) is 3.29. The summed E-state index contributed by atoms with van der Waals surface area (Å²) >= 11 is 0. The molecule has 1 saturated heterocycles. The zero-order valence-corrected chi connectivity index (χ0v) is 14.8. The highest BCUT2D eigenvalue weighted by Crippen LogP contribution is 2.21. The summed E-state index contributed by atoms with van der Waals surface area (Å²) in [4.78, 5) is 17.6. The molecule has 6 heteroatoms. The first-order chi connectivity index (χ1) is 12.3. The SMILES string of the molecule is COCCN1CCCN(C(=O)[C@@H](c2ccccc2)n2cccn2)CC1. The topological polar surface area (TPSA) is 50.6 Å². The molecule has 2 heterocycles. The molecule has 1 aliphatic heterocycles. The summed E-state index contributed by atoms with van der Waals surface area (Å²) in [5.41, 5.74) is 0.969. The largest absolute Gasteiger partial charge is 0.383 e. The van der Waals surface area contributed by atoms with Crippen LogP contribution < -0.4 is 0 Å². The number of hydrogen-bond donors (Lipinski definition) is 0. The molecule has 0 saturated carbocycles. The van der Waals surface area contributed by atoms with Crippen molar-refractivity contribution >= 4 is 5.91 Å². The molecule has 0 unspecified atom stereocenters. The predicted octanol–water partition coefficient (Wildman–Crippen LogP) is 1.65. The Kier molecular flexibility index (Phi) is 6.19. The molecule has 0 spiro atoms. The molecule has 0 N–H and O–H groups in total. The van der Waals surface area contributed by atoms with Crippen LogP contribution in [-0.2, 0) is 9.53 Å². The normalized spacial score (nSPS) is 17.2. The van der Waals surface area contributed by atoms with Gasteiger partial charge < -0.3 is 9.64 Å². The van der Waals surface area contributed by atoms with Gasteiger partial charge in [-0.1, -0.05) is 30.3 Å². The van der Waals surface area contributed by atoms with Gasteiger partial charge in [-0.15, -0.1) is 0 Å².